The number of halogens is 2. The molecule has 4 nitrogen and oxygen atoms in total. The molecule has 0 amide bonds. The molecule has 2 aromatic rings. The molecular formula is C12H14I2N4. The highest BCUT2D eigenvalue weighted by atomic mass is 127. The summed E-state index contributed by atoms with van der Waals surface area (Å²) in [5.41, 5.74) is 24.5. The van der Waals surface area contributed by atoms with Crippen molar-refractivity contribution in [3.63, 3.8) is 0 Å². The van der Waals surface area contributed by atoms with Gasteiger partial charge in [0.1, 0.15) is 0 Å². The molecule has 0 fully saturated rings. The average molecular weight is 468 g/mol. The summed E-state index contributed by atoms with van der Waals surface area (Å²) >= 11 is 4.45. The van der Waals surface area contributed by atoms with Crippen molar-refractivity contribution in [3.05, 3.63) is 43.5 Å². The van der Waals surface area contributed by atoms with Crippen molar-refractivity contribution in [2.24, 2.45) is 0 Å². The molecule has 0 aromatic heterocycles. The van der Waals surface area contributed by atoms with Crippen LogP contribution in [0.1, 0.15) is 0 Å². The lowest BCUT2D eigenvalue weighted by molar-refractivity contribution is 1.57. The molecule has 0 unspecified atom stereocenters. The van der Waals surface area contributed by atoms with Crippen molar-refractivity contribution in [2.45, 2.75) is 0 Å². The van der Waals surface area contributed by atoms with Gasteiger partial charge >= 0.3 is 0 Å². The van der Waals surface area contributed by atoms with Crippen LogP contribution in [0.15, 0.2) is 36.4 Å². The van der Waals surface area contributed by atoms with Crippen LogP contribution in [-0.4, -0.2) is 0 Å². The maximum atomic E-state index is 5.56. The number of rotatable bonds is 0. The number of hydrogen-bond donors (Lipinski definition) is 4. The molecule has 0 saturated carbocycles. The molecule has 0 bridgehead atoms. The minimum absolute atomic E-state index is 0.646. The molecule has 18 heavy (non-hydrogen) atoms. The van der Waals surface area contributed by atoms with Crippen molar-refractivity contribution in [2.75, 3.05) is 22.9 Å². The normalized spacial score (nSPS) is 9.44. The lowest BCUT2D eigenvalue weighted by Gasteiger charge is -2.01. The summed E-state index contributed by atoms with van der Waals surface area (Å²) in [6.45, 7) is 0. The fourth-order valence-electron chi connectivity index (χ4n) is 1.09. The lowest BCUT2D eigenvalue weighted by atomic mass is 10.3. The molecule has 2 rings (SSSR count). The first-order chi connectivity index (χ1) is 8.41. The van der Waals surface area contributed by atoms with Crippen LogP contribution in [0.3, 0.4) is 0 Å². The van der Waals surface area contributed by atoms with Gasteiger partial charge in [-0.15, -0.1) is 0 Å². The molecule has 2 aromatic carbocycles. The molecule has 0 radical (unpaired) electrons. The molecule has 0 aliphatic heterocycles. The minimum atomic E-state index is 0.646. The second kappa shape index (κ2) is 6.88. The summed E-state index contributed by atoms with van der Waals surface area (Å²) < 4.78 is 2.29. The third kappa shape index (κ3) is 4.41. The Morgan fingerprint density at radius 3 is 1.22 bits per heavy atom. The third-order valence-electron chi connectivity index (χ3n) is 2.12. The molecule has 0 aliphatic carbocycles. The first-order valence-corrected chi connectivity index (χ1v) is 7.17. The van der Waals surface area contributed by atoms with Gasteiger partial charge < -0.3 is 22.9 Å². The van der Waals surface area contributed by atoms with Crippen molar-refractivity contribution >= 4 is 67.9 Å². The van der Waals surface area contributed by atoms with Gasteiger partial charge in [-0.1, -0.05) is 12.1 Å². The van der Waals surface area contributed by atoms with E-state index in [1.165, 1.54) is 0 Å². The maximum absolute atomic E-state index is 5.56. The van der Waals surface area contributed by atoms with Gasteiger partial charge in [-0.2, -0.15) is 0 Å². The van der Waals surface area contributed by atoms with Gasteiger partial charge in [0.15, 0.2) is 0 Å². The summed E-state index contributed by atoms with van der Waals surface area (Å²) in [4.78, 5) is 0. The molecule has 0 heterocycles. The molecule has 8 N–H and O–H groups in total. The Labute approximate surface area is 133 Å². The highest BCUT2D eigenvalue weighted by Gasteiger charge is 1.99. The summed E-state index contributed by atoms with van der Waals surface area (Å²) in [7, 11) is 0. The number of nitrogens with two attached hydrogens (primary N) is 4. The zero-order chi connectivity index (χ0) is 13.7. The topological polar surface area (TPSA) is 104 Å². The number of para-hydroxylation sites is 2. The van der Waals surface area contributed by atoms with Crippen LogP contribution in [-0.2, 0) is 0 Å². The Hall–Kier alpha value is -0.900. The second-order valence-electron chi connectivity index (χ2n) is 3.52. The predicted octanol–water partition coefficient (Wildman–Crippen LogP) is 2.91. The average Bonchev–Trinajstić information content (AvgIpc) is 2.31. The molecule has 6 heteroatoms. The first kappa shape index (κ1) is 15.2. The van der Waals surface area contributed by atoms with Gasteiger partial charge in [-0.25, -0.2) is 0 Å². The second-order valence-corrected chi connectivity index (χ2v) is 5.85. The van der Waals surface area contributed by atoms with Gasteiger partial charge in [0, 0.05) is 7.14 Å². The molecule has 0 aliphatic rings. The fraction of sp³-hybridized carbons (Fsp3) is 0. The van der Waals surface area contributed by atoms with Crippen LogP contribution in [0.5, 0.6) is 0 Å². The largest absolute Gasteiger partial charge is 0.397 e. The van der Waals surface area contributed by atoms with E-state index in [-0.39, 0.29) is 0 Å². The summed E-state index contributed by atoms with van der Waals surface area (Å²) in [5, 5.41) is 0. The Morgan fingerprint density at radius 1 is 0.611 bits per heavy atom. The van der Waals surface area contributed by atoms with E-state index >= 15 is 0 Å². The van der Waals surface area contributed by atoms with E-state index in [9.17, 15) is 0 Å². The smallest absolute Gasteiger partial charge is 0.0559 e. The van der Waals surface area contributed by atoms with E-state index in [4.69, 9.17) is 22.9 Å². The Morgan fingerprint density at radius 2 is 0.944 bits per heavy atom. The minimum Gasteiger partial charge on any atom is -0.397 e. The monoisotopic (exact) mass is 468 g/mol. The van der Waals surface area contributed by atoms with Crippen molar-refractivity contribution in [1.29, 1.82) is 0 Å². The van der Waals surface area contributed by atoms with E-state index in [1.54, 1.807) is 12.1 Å². The van der Waals surface area contributed by atoms with Crippen LogP contribution in [0.4, 0.5) is 22.7 Å². The molecule has 0 spiro atoms. The third-order valence-corrected chi connectivity index (χ3v) is 4.94. The summed E-state index contributed by atoms with van der Waals surface area (Å²) in [6.07, 6.45) is 0. The molecule has 96 valence electrons. The van der Waals surface area contributed by atoms with Crippen LogP contribution in [0, 0.1) is 7.14 Å². The first-order valence-electron chi connectivity index (χ1n) is 5.01. The van der Waals surface area contributed by atoms with E-state index < -0.39 is 0 Å². The van der Waals surface area contributed by atoms with Gasteiger partial charge in [-0.05, 0) is 69.4 Å². The van der Waals surface area contributed by atoms with E-state index in [1.807, 2.05) is 24.3 Å². The number of nitrogen functional groups attached to an aromatic ring is 4. The standard InChI is InChI=1S/C6H6I2N2.C6H8N2/c7-3-1-5(9)6(10)2-4(3)8;7-5-3-1-2-4-6(5)8/h1-2H,9-10H2;1-4H,7-8H2. The maximum Gasteiger partial charge on any atom is 0.0559 e. The van der Waals surface area contributed by atoms with Crippen LogP contribution >= 0.6 is 45.2 Å². The summed E-state index contributed by atoms with van der Waals surface area (Å²) in [5.74, 6) is 0. The zero-order valence-corrected chi connectivity index (χ0v) is 13.8. The number of benzene rings is 2. The van der Waals surface area contributed by atoms with Gasteiger partial charge in [0.05, 0.1) is 22.7 Å². The zero-order valence-electron chi connectivity index (χ0n) is 9.53. The predicted molar refractivity (Wildman–Crippen MR) is 96.0 cm³/mol. The van der Waals surface area contributed by atoms with Crippen molar-refractivity contribution in [1.82, 2.24) is 0 Å². The lowest BCUT2D eigenvalue weighted by Crippen LogP contribution is -1.96. The fourth-order valence-corrected chi connectivity index (χ4v) is 2.07. The highest BCUT2D eigenvalue weighted by Crippen LogP contribution is 2.23. The van der Waals surface area contributed by atoms with Gasteiger partial charge in [0.25, 0.3) is 0 Å². The Kier molecular flexibility index (Phi) is 5.79. The van der Waals surface area contributed by atoms with Crippen molar-refractivity contribution < 1.29 is 0 Å². The molecular weight excluding hydrogens is 454 g/mol. The van der Waals surface area contributed by atoms with Crippen LogP contribution < -0.4 is 22.9 Å². The van der Waals surface area contributed by atoms with E-state index in [0.717, 1.165) is 7.14 Å². The van der Waals surface area contributed by atoms with Gasteiger partial charge in [0.2, 0.25) is 0 Å². The van der Waals surface area contributed by atoms with Crippen LogP contribution in [0.2, 0.25) is 0 Å². The molecule has 0 atom stereocenters. The van der Waals surface area contributed by atoms with Gasteiger partial charge in [-0.3, -0.25) is 0 Å². The SMILES string of the molecule is Nc1cc(I)c(I)cc1N.Nc1ccccc1N. The van der Waals surface area contributed by atoms with E-state index in [0.29, 0.717) is 22.7 Å². The van der Waals surface area contributed by atoms with Crippen LogP contribution in [0.25, 0.3) is 0 Å². The van der Waals surface area contributed by atoms with E-state index in [2.05, 4.69) is 45.2 Å². The Bertz CT molecular complexity index is 472. The number of anilines is 4. The van der Waals surface area contributed by atoms with Crippen molar-refractivity contribution in [3.8, 4) is 0 Å². The Balaban J connectivity index is 0.000000184. The quantitative estimate of drug-likeness (QED) is 0.353. The summed E-state index contributed by atoms with van der Waals surface area (Å²) in [6, 6.07) is 11.0. The molecule has 0 saturated heterocycles. The number of hydrogen-bond acceptors (Lipinski definition) is 4. The highest BCUT2D eigenvalue weighted by molar-refractivity contribution is 14.1.